The molecule has 2 heterocycles. The number of hydrogen-bond acceptors (Lipinski definition) is 6. The smallest absolute Gasteiger partial charge is 0.225 e. The van der Waals surface area contributed by atoms with Crippen molar-refractivity contribution in [2.45, 2.75) is 25.9 Å². The van der Waals surface area contributed by atoms with Crippen LogP contribution in [0, 0.1) is 5.92 Å². The third-order valence-corrected chi connectivity index (χ3v) is 3.62. The van der Waals surface area contributed by atoms with Crippen LogP contribution in [0.3, 0.4) is 0 Å². The van der Waals surface area contributed by atoms with Gasteiger partial charge < -0.3 is 20.1 Å². The van der Waals surface area contributed by atoms with Crippen LogP contribution in [0.2, 0.25) is 0 Å². The van der Waals surface area contributed by atoms with E-state index in [1.165, 1.54) is 0 Å². The van der Waals surface area contributed by atoms with Crippen LogP contribution >= 0.6 is 0 Å². The summed E-state index contributed by atoms with van der Waals surface area (Å²) in [6.07, 6.45) is 3.74. The maximum Gasteiger partial charge on any atom is 0.225 e. The number of aliphatic hydroxyl groups excluding tert-OH is 1. The summed E-state index contributed by atoms with van der Waals surface area (Å²) < 4.78 is 5.08. The first-order valence-corrected chi connectivity index (χ1v) is 7.18. The second-order valence-electron chi connectivity index (χ2n) is 5.40. The lowest BCUT2D eigenvalue weighted by molar-refractivity contribution is 0.102. The Hall–Kier alpha value is -1.40. The van der Waals surface area contributed by atoms with Crippen LogP contribution in [0.1, 0.15) is 19.8 Å². The highest BCUT2D eigenvalue weighted by molar-refractivity contribution is 5.27. The van der Waals surface area contributed by atoms with Crippen LogP contribution in [-0.2, 0) is 0 Å². The Morgan fingerprint density at radius 1 is 1.50 bits per heavy atom. The number of methoxy groups -OCH3 is 1. The molecule has 2 rings (SSSR count). The van der Waals surface area contributed by atoms with Crippen molar-refractivity contribution in [2.24, 2.45) is 5.92 Å². The molecule has 2 N–H and O–H groups in total. The highest BCUT2D eigenvalue weighted by Crippen LogP contribution is 2.18. The number of ether oxygens (including phenoxy) is 1. The molecule has 0 radical (unpaired) electrons. The summed E-state index contributed by atoms with van der Waals surface area (Å²) in [4.78, 5) is 10.7. The average molecular weight is 280 g/mol. The minimum absolute atomic E-state index is 0.241. The Bertz CT molecular complexity index is 406. The molecular formula is C14H24N4O2. The van der Waals surface area contributed by atoms with Crippen LogP contribution in [0.4, 0.5) is 5.95 Å². The van der Waals surface area contributed by atoms with E-state index in [0.717, 1.165) is 39.0 Å². The zero-order chi connectivity index (χ0) is 14.4. The number of hydrogen-bond donors (Lipinski definition) is 2. The van der Waals surface area contributed by atoms with Crippen molar-refractivity contribution in [1.29, 1.82) is 0 Å². The van der Waals surface area contributed by atoms with Crippen LogP contribution in [0.15, 0.2) is 12.3 Å². The Morgan fingerprint density at radius 2 is 2.25 bits per heavy atom. The normalized spacial score (nSPS) is 18.8. The SMILES string of the molecule is COc1ccnc(NCC2CCN(C[C@H](C)O)CC2)n1. The fourth-order valence-corrected chi connectivity index (χ4v) is 2.52. The Balaban J connectivity index is 1.73. The van der Waals surface area contributed by atoms with Gasteiger partial charge in [0.15, 0.2) is 0 Å². The lowest BCUT2D eigenvalue weighted by Gasteiger charge is -2.32. The molecule has 1 aliphatic rings. The van der Waals surface area contributed by atoms with Gasteiger partial charge in [-0.1, -0.05) is 0 Å². The van der Waals surface area contributed by atoms with Gasteiger partial charge in [0.1, 0.15) is 0 Å². The summed E-state index contributed by atoms with van der Waals surface area (Å²) in [7, 11) is 1.60. The molecule has 1 fully saturated rings. The lowest BCUT2D eigenvalue weighted by Crippen LogP contribution is -2.39. The van der Waals surface area contributed by atoms with Crippen molar-refractivity contribution in [3.8, 4) is 5.88 Å². The number of nitrogens with zero attached hydrogens (tertiary/aromatic N) is 3. The summed E-state index contributed by atoms with van der Waals surface area (Å²) in [5.41, 5.74) is 0. The fraction of sp³-hybridized carbons (Fsp3) is 0.714. The molecule has 0 amide bonds. The maximum atomic E-state index is 9.39. The zero-order valence-corrected chi connectivity index (χ0v) is 12.2. The topological polar surface area (TPSA) is 70.5 Å². The molecular weight excluding hydrogens is 256 g/mol. The van der Waals surface area contributed by atoms with Gasteiger partial charge in [-0.25, -0.2) is 4.98 Å². The third-order valence-electron chi connectivity index (χ3n) is 3.62. The molecule has 112 valence electrons. The predicted molar refractivity (Wildman–Crippen MR) is 77.9 cm³/mol. The number of aromatic nitrogens is 2. The molecule has 1 aromatic heterocycles. The molecule has 20 heavy (non-hydrogen) atoms. The van der Waals surface area contributed by atoms with Crippen LogP contribution in [0.25, 0.3) is 0 Å². The average Bonchev–Trinajstić information content (AvgIpc) is 2.46. The van der Waals surface area contributed by atoms with Crippen LogP contribution < -0.4 is 10.1 Å². The first-order chi connectivity index (χ1) is 9.67. The molecule has 0 aromatic carbocycles. The van der Waals surface area contributed by atoms with E-state index in [4.69, 9.17) is 4.74 Å². The highest BCUT2D eigenvalue weighted by Gasteiger charge is 2.19. The summed E-state index contributed by atoms with van der Waals surface area (Å²) in [6.45, 7) is 5.61. The summed E-state index contributed by atoms with van der Waals surface area (Å²) in [6, 6.07) is 1.74. The third kappa shape index (κ3) is 4.61. The fourth-order valence-electron chi connectivity index (χ4n) is 2.52. The van der Waals surface area contributed by atoms with Gasteiger partial charge >= 0.3 is 0 Å². The molecule has 6 heteroatoms. The number of aliphatic hydroxyl groups is 1. The monoisotopic (exact) mass is 280 g/mol. The minimum Gasteiger partial charge on any atom is -0.481 e. The van der Waals surface area contributed by atoms with E-state index in [2.05, 4.69) is 20.2 Å². The van der Waals surface area contributed by atoms with E-state index in [1.54, 1.807) is 19.4 Å². The first-order valence-electron chi connectivity index (χ1n) is 7.18. The zero-order valence-electron chi connectivity index (χ0n) is 12.2. The number of piperidine rings is 1. The van der Waals surface area contributed by atoms with E-state index in [-0.39, 0.29) is 6.10 Å². The minimum atomic E-state index is -0.241. The quantitative estimate of drug-likeness (QED) is 0.810. The lowest BCUT2D eigenvalue weighted by atomic mass is 9.96. The van der Waals surface area contributed by atoms with Crippen molar-refractivity contribution in [1.82, 2.24) is 14.9 Å². The Labute approximate surface area is 120 Å². The second kappa shape index (κ2) is 7.40. The highest BCUT2D eigenvalue weighted by atomic mass is 16.5. The van der Waals surface area contributed by atoms with E-state index >= 15 is 0 Å². The van der Waals surface area contributed by atoms with E-state index in [0.29, 0.717) is 17.7 Å². The second-order valence-corrected chi connectivity index (χ2v) is 5.40. The standard InChI is InChI=1S/C14H24N4O2/c1-11(19)10-18-7-4-12(5-8-18)9-16-14-15-6-3-13(17-14)20-2/h3,6,11-12,19H,4-5,7-10H2,1-2H3,(H,15,16,17)/t11-/m0/s1. The van der Waals surface area contributed by atoms with E-state index in [9.17, 15) is 5.11 Å². The van der Waals surface area contributed by atoms with Crippen LogP contribution in [0.5, 0.6) is 5.88 Å². The summed E-state index contributed by atoms with van der Waals surface area (Å²) in [5, 5.41) is 12.7. The number of rotatable bonds is 6. The van der Waals surface area contributed by atoms with E-state index in [1.807, 2.05) is 6.92 Å². The van der Waals surface area contributed by atoms with Gasteiger partial charge in [-0.05, 0) is 38.8 Å². The molecule has 1 aliphatic heterocycles. The summed E-state index contributed by atoms with van der Waals surface area (Å²) >= 11 is 0. The summed E-state index contributed by atoms with van der Waals surface area (Å²) in [5.74, 6) is 1.83. The van der Waals surface area contributed by atoms with Gasteiger partial charge in [-0.2, -0.15) is 4.98 Å². The van der Waals surface area contributed by atoms with Gasteiger partial charge in [-0.15, -0.1) is 0 Å². The molecule has 0 saturated carbocycles. The number of anilines is 1. The van der Waals surface area contributed by atoms with Crippen molar-refractivity contribution in [2.75, 3.05) is 38.6 Å². The number of nitrogens with one attached hydrogen (secondary N) is 1. The molecule has 0 bridgehead atoms. The molecule has 1 atom stereocenters. The van der Waals surface area contributed by atoms with Gasteiger partial charge in [0.05, 0.1) is 13.2 Å². The first kappa shape index (κ1) is 15.0. The van der Waals surface area contributed by atoms with Crippen molar-refractivity contribution in [3.63, 3.8) is 0 Å². The molecule has 0 aliphatic carbocycles. The largest absolute Gasteiger partial charge is 0.481 e. The Morgan fingerprint density at radius 3 is 2.90 bits per heavy atom. The van der Waals surface area contributed by atoms with Crippen molar-refractivity contribution >= 4 is 5.95 Å². The molecule has 1 saturated heterocycles. The van der Waals surface area contributed by atoms with Gasteiger partial charge in [0, 0.05) is 25.4 Å². The van der Waals surface area contributed by atoms with E-state index < -0.39 is 0 Å². The Kier molecular flexibility index (Phi) is 5.55. The molecule has 0 unspecified atom stereocenters. The van der Waals surface area contributed by atoms with Crippen molar-refractivity contribution < 1.29 is 9.84 Å². The number of likely N-dealkylation sites (tertiary alicyclic amines) is 1. The number of β-amino-alcohol motifs (C(OH)–C–C–N with tert-alkyl or cyclic N) is 1. The molecule has 0 spiro atoms. The van der Waals surface area contributed by atoms with Crippen LogP contribution in [-0.4, -0.2) is 59.4 Å². The maximum absolute atomic E-state index is 9.39. The van der Waals surface area contributed by atoms with Gasteiger partial charge in [-0.3, -0.25) is 0 Å². The van der Waals surface area contributed by atoms with Crippen molar-refractivity contribution in [3.05, 3.63) is 12.3 Å². The van der Waals surface area contributed by atoms with Gasteiger partial charge in [0.25, 0.3) is 0 Å². The van der Waals surface area contributed by atoms with Gasteiger partial charge in [0.2, 0.25) is 11.8 Å². The molecule has 1 aromatic rings. The molecule has 6 nitrogen and oxygen atoms in total. The predicted octanol–water partition coefficient (Wildman–Crippen LogP) is 0.990.